The Hall–Kier alpha value is -1.26. The molecule has 84 valence electrons. The SMILES string of the molecule is CCC(NN)c1cc(OC)ccc1OC. The van der Waals surface area contributed by atoms with E-state index >= 15 is 0 Å². The van der Waals surface area contributed by atoms with Crippen molar-refractivity contribution in [3.63, 3.8) is 0 Å². The van der Waals surface area contributed by atoms with Crippen molar-refractivity contribution in [3.05, 3.63) is 23.8 Å². The molecule has 0 heterocycles. The van der Waals surface area contributed by atoms with Crippen LogP contribution in [-0.2, 0) is 0 Å². The predicted molar refractivity (Wildman–Crippen MR) is 59.9 cm³/mol. The molecule has 1 atom stereocenters. The summed E-state index contributed by atoms with van der Waals surface area (Å²) in [6.45, 7) is 2.06. The van der Waals surface area contributed by atoms with Crippen LogP contribution in [0.4, 0.5) is 0 Å². The van der Waals surface area contributed by atoms with E-state index in [1.807, 2.05) is 18.2 Å². The summed E-state index contributed by atoms with van der Waals surface area (Å²) in [6, 6.07) is 5.77. The van der Waals surface area contributed by atoms with Gasteiger partial charge >= 0.3 is 0 Å². The molecule has 0 radical (unpaired) electrons. The van der Waals surface area contributed by atoms with Crippen molar-refractivity contribution in [2.75, 3.05) is 14.2 Å². The second-order valence-electron chi connectivity index (χ2n) is 3.24. The van der Waals surface area contributed by atoms with Crippen molar-refractivity contribution >= 4 is 0 Å². The van der Waals surface area contributed by atoms with Gasteiger partial charge in [-0.2, -0.15) is 0 Å². The van der Waals surface area contributed by atoms with Crippen LogP contribution in [0.1, 0.15) is 24.9 Å². The zero-order chi connectivity index (χ0) is 11.3. The van der Waals surface area contributed by atoms with Crippen LogP contribution in [0.15, 0.2) is 18.2 Å². The number of nitrogens with one attached hydrogen (secondary N) is 1. The summed E-state index contributed by atoms with van der Waals surface area (Å²) in [7, 11) is 3.29. The van der Waals surface area contributed by atoms with Crippen LogP contribution < -0.4 is 20.7 Å². The Morgan fingerprint density at radius 2 is 2.07 bits per heavy atom. The maximum Gasteiger partial charge on any atom is 0.123 e. The Bertz CT molecular complexity index is 311. The number of rotatable bonds is 5. The van der Waals surface area contributed by atoms with Gasteiger partial charge in [0.1, 0.15) is 11.5 Å². The lowest BCUT2D eigenvalue weighted by Crippen LogP contribution is -2.27. The van der Waals surface area contributed by atoms with E-state index in [4.69, 9.17) is 15.3 Å². The lowest BCUT2D eigenvalue weighted by molar-refractivity contribution is 0.388. The average Bonchev–Trinajstić information content (AvgIpc) is 2.30. The van der Waals surface area contributed by atoms with Crippen molar-refractivity contribution < 1.29 is 9.47 Å². The smallest absolute Gasteiger partial charge is 0.123 e. The Morgan fingerprint density at radius 1 is 1.33 bits per heavy atom. The summed E-state index contributed by atoms with van der Waals surface area (Å²) in [5, 5.41) is 0. The molecular weight excluding hydrogens is 192 g/mol. The van der Waals surface area contributed by atoms with Crippen molar-refractivity contribution in [2.24, 2.45) is 5.84 Å². The molecular formula is C11H18N2O2. The van der Waals surface area contributed by atoms with E-state index in [1.165, 1.54) is 0 Å². The highest BCUT2D eigenvalue weighted by atomic mass is 16.5. The van der Waals surface area contributed by atoms with Crippen molar-refractivity contribution in [1.82, 2.24) is 5.43 Å². The van der Waals surface area contributed by atoms with E-state index in [0.29, 0.717) is 0 Å². The second kappa shape index (κ2) is 5.58. The Kier molecular flexibility index (Phi) is 4.39. The molecule has 0 aliphatic heterocycles. The van der Waals surface area contributed by atoms with Crippen molar-refractivity contribution in [1.29, 1.82) is 0 Å². The van der Waals surface area contributed by atoms with Gasteiger partial charge in [0.05, 0.1) is 14.2 Å². The fourth-order valence-electron chi connectivity index (χ4n) is 1.54. The fourth-order valence-corrected chi connectivity index (χ4v) is 1.54. The maximum absolute atomic E-state index is 5.48. The van der Waals surface area contributed by atoms with Gasteiger partial charge in [0.2, 0.25) is 0 Å². The third-order valence-electron chi connectivity index (χ3n) is 2.42. The number of ether oxygens (including phenoxy) is 2. The summed E-state index contributed by atoms with van der Waals surface area (Å²) < 4.78 is 10.4. The average molecular weight is 210 g/mol. The van der Waals surface area contributed by atoms with E-state index in [-0.39, 0.29) is 6.04 Å². The summed E-state index contributed by atoms with van der Waals surface area (Å²) in [4.78, 5) is 0. The van der Waals surface area contributed by atoms with Gasteiger partial charge in [-0.3, -0.25) is 11.3 Å². The summed E-state index contributed by atoms with van der Waals surface area (Å²) in [5.74, 6) is 7.11. The fraction of sp³-hybridized carbons (Fsp3) is 0.455. The van der Waals surface area contributed by atoms with Gasteiger partial charge in [0.15, 0.2) is 0 Å². The minimum atomic E-state index is 0.0787. The molecule has 1 aromatic rings. The Morgan fingerprint density at radius 3 is 2.53 bits per heavy atom. The van der Waals surface area contributed by atoms with Gasteiger partial charge in [-0.05, 0) is 24.6 Å². The van der Waals surface area contributed by atoms with E-state index in [0.717, 1.165) is 23.5 Å². The van der Waals surface area contributed by atoms with Gasteiger partial charge in [-0.25, -0.2) is 0 Å². The summed E-state index contributed by atoms with van der Waals surface area (Å²) in [6.07, 6.45) is 0.889. The maximum atomic E-state index is 5.48. The molecule has 0 aliphatic rings. The monoisotopic (exact) mass is 210 g/mol. The largest absolute Gasteiger partial charge is 0.497 e. The molecule has 0 aromatic heterocycles. The molecule has 1 aromatic carbocycles. The number of methoxy groups -OCH3 is 2. The van der Waals surface area contributed by atoms with Gasteiger partial charge < -0.3 is 9.47 Å². The molecule has 0 spiro atoms. The van der Waals surface area contributed by atoms with Gasteiger partial charge in [-0.15, -0.1) is 0 Å². The quantitative estimate of drug-likeness (QED) is 0.572. The number of hydrogen-bond donors (Lipinski definition) is 2. The van der Waals surface area contributed by atoms with Crippen LogP contribution in [-0.4, -0.2) is 14.2 Å². The summed E-state index contributed by atoms with van der Waals surface area (Å²) in [5.41, 5.74) is 3.77. The molecule has 0 aliphatic carbocycles. The Balaban J connectivity index is 3.09. The third kappa shape index (κ3) is 2.61. The van der Waals surface area contributed by atoms with Crippen molar-refractivity contribution in [3.8, 4) is 11.5 Å². The highest BCUT2D eigenvalue weighted by Gasteiger charge is 2.13. The van der Waals surface area contributed by atoms with E-state index in [1.54, 1.807) is 14.2 Å². The first kappa shape index (κ1) is 11.8. The molecule has 3 N–H and O–H groups in total. The first-order chi connectivity index (χ1) is 7.26. The molecule has 0 saturated carbocycles. The van der Waals surface area contributed by atoms with Crippen LogP contribution in [0.25, 0.3) is 0 Å². The minimum absolute atomic E-state index is 0.0787. The second-order valence-corrected chi connectivity index (χ2v) is 3.24. The lowest BCUT2D eigenvalue weighted by atomic mass is 10.0. The molecule has 4 heteroatoms. The van der Waals surface area contributed by atoms with E-state index in [2.05, 4.69) is 12.3 Å². The van der Waals surface area contributed by atoms with Crippen LogP contribution >= 0.6 is 0 Å². The third-order valence-corrected chi connectivity index (χ3v) is 2.42. The van der Waals surface area contributed by atoms with Gasteiger partial charge in [0, 0.05) is 11.6 Å². The lowest BCUT2D eigenvalue weighted by Gasteiger charge is -2.18. The van der Waals surface area contributed by atoms with Gasteiger partial charge in [0.25, 0.3) is 0 Å². The van der Waals surface area contributed by atoms with Crippen LogP contribution in [0.2, 0.25) is 0 Å². The molecule has 1 rings (SSSR count). The predicted octanol–water partition coefficient (Wildman–Crippen LogP) is 1.62. The first-order valence-corrected chi connectivity index (χ1v) is 4.94. The number of hydrogen-bond acceptors (Lipinski definition) is 4. The van der Waals surface area contributed by atoms with Gasteiger partial charge in [-0.1, -0.05) is 6.92 Å². The molecule has 0 saturated heterocycles. The zero-order valence-electron chi connectivity index (χ0n) is 9.41. The zero-order valence-corrected chi connectivity index (χ0v) is 9.41. The standard InChI is InChI=1S/C11H18N2O2/c1-4-10(13-12)9-7-8(14-2)5-6-11(9)15-3/h5-7,10,13H,4,12H2,1-3H3. The van der Waals surface area contributed by atoms with Crippen LogP contribution in [0.3, 0.4) is 0 Å². The van der Waals surface area contributed by atoms with Crippen LogP contribution in [0.5, 0.6) is 11.5 Å². The molecule has 0 amide bonds. The number of nitrogens with two attached hydrogens (primary N) is 1. The first-order valence-electron chi connectivity index (χ1n) is 4.94. The molecule has 0 bridgehead atoms. The molecule has 0 fully saturated rings. The van der Waals surface area contributed by atoms with E-state index < -0.39 is 0 Å². The minimum Gasteiger partial charge on any atom is -0.497 e. The van der Waals surface area contributed by atoms with Crippen LogP contribution in [0, 0.1) is 0 Å². The normalized spacial score (nSPS) is 12.3. The topological polar surface area (TPSA) is 56.5 Å². The van der Waals surface area contributed by atoms with E-state index in [9.17, 15) is 0 Å². The summed E-state index contributed by atoms with van der Waals surface area (Å²) >= 11 is 0. The Labute approximate surface area is 90.3 Å². The molecule has 15 heavy (non-hydrogen) atoms. The molecule has 1 unspecified atom stereocenters. The number of benzene rings is 1. The number of hydrazine groups is 1. The highest BCUT2D eigenvalue weighted by molar-refractivity contribution is 5.42. The van der Waals surface area contributed by atoms with Crippen molar-refractivity contribution in [2.45, 2.75) is 19.4 Å². The molecule has 4 nitrogen and oxygen atoms in total. The highest BCUT2D eigenvalue weighted by Crippen LogP contribution is 2.30.